The molecule has 8 nitrogen and oxygen atoms in total. The van der Waals surface area contributed by atoms with Crippen molar-refractivity contribution >= 4 is 34.0 Å². The molecule has 0 bridgehead atoms. The first-order valence-corrected chi connectivity index (χ1v) is 13.9. The topological polar surface area (TPSA) is 89.6 Å². The lowest BCUT2D eigenvalue weighted by Gasteiger charge is -2.31. The first-order valence-electron chi connectivity index (χ1n) is 13.5. The number of fused-ring (bicyclic) bond motifs is 3. The van der Waals surface area contributed by atoms with Crippen molar-refractivity contribution in [3.05, 3.63) is 28.5 Å². The number of ether oxygens (including phenoxy) is 2. The molecule has 3 fully saturated rings. The minimum Gasteiger partial charge on any atom is -0.475 e. The molecule has 41 heavy (non-hydrogen) atoms. The maximum absolute atomic E-state index is 16.4. The monoisotopic (exact) mass is 596 g/mol. The van der Waals surface area contributed by atoms with Crippen LogP contribution in [0.4, 0.5) is 33.5 Å². The quantitative estimate of drug-likeness (QED) is 0.316. The molecule has 3 aromatic rings. The van der Waals surface area contributed by atoms with Crippen molar-refractivity contribution in [2.45, 2.75) is 56.0 Å². The summed E-state index contributed by atoms with van der Waals surface area (Å²) >= 11 is 5.96. The molecule has 3 saturated heterocycles. The highest BCUT2D eigenvalue weighted by molar-refractivity contribution is 6.32. The van der Waals surface area contributed by atoms with Gasteiger partial charge in [0, 0.05) is 30.8 Å². The fraction of sp³-hybridized carbons (Fsp3) is 0.519. The Labute approximate surface area is 236 Å². The van der Waals surface area contributed by atoms with Crippen LogP contribution in [0.3, 0.4) is 0 Å². The third kappa shape index (κ3) is 4.30. The largest absolute Gasteiger partial charge is 0.475 e. The fourth-order valence-electron chi connectivity index (χ4n) is 6.87. The van der Waals surface area contributed by atoms with E-state index in [1.54, 1.807) is 0 Å². The van der Waals surface area contributed by atoms with E-state index in [2.05, 4.69) is 19.9 Å². The molecule has 2 aromatic heterocycles. The van der Waals surface area contributed by atoms with Crippen LogP contribution in [-0.2, 0) is 6.18 Å². The Morgan fingerprint density at radius 1 is 1.17 bits per heavy atom. The van der Waals surface area contributed by atoms with E-state index in [4.69, 9.17) is 26.8 Å². The van der Waals surface area contributed by atoms with Gasteiger partial charge in [-0.3, -0.25) is 4.90 Å². The van der Waals surface area contributed by atoms with Crippen LogP contribution in [-0.4, -0.2) is 70.5 Å². The van der Waals surface area contributed by atoms with Crippen molar-refractivity contribution in [2.24, 2.45) is 0 Å². The molecule has 218 valence electrons. The lowest BCUT2D eigenvalue weighted by atomic mass is 9.95. The van der Waals surface area contributed by atoms with Crippen LogP contribution in [0.25, 0.3) is 22.2 Å². The van der Waals surface area contributed by atoms with Gasteiger partial charge in [-0.15, -0.1) is 0 Å². The number of halogens is 6. The smallest absolute Gasteiger partial charge is 0.418 e. The predicted octanol–water partition coefficient (Wildman–Crippen LogP) is 5.40. The lowest BCUT2D eigenvalue weighted by Crippen LogP contribution is -2.43. The Bertz CT molecular complexity index is 1560. The SMILES string of the molecule is Nc1cc(Cl)c(C(F)(F)F)c(-c2nc3c4c(nc(OC[C@@]56CCCN5C[C@H](F)C6)nc4c2F)N2CCC[C@@H]2CO3)c1. The molecule has 4 aliphatic heterocycles. The molecule has 1 aromatic carbocycles. The number of nitrogens with two attached hydrogens (primary N) is 1. The molecular weight excluding hydrogens is 571 g/mol. The van der Waals surface area contributed by atoms with Crippen LogP contribution in [0.15, 0.2) is 12.1 Å². The summed E-state index contributed by atoms with van der Waals surface area (Å²) in [4.78, 5) is 17.2. The summed E-state index contributed by atoms with van der Waals surface area (Å²) in [6, 6.07) is 1.69. The molecule has 7 rings (SSSR count). The van der Waals surface area contributed by atoms with Gasteiger partial charge >= 0.3 is 12.2 Å². The minimum absolute atomic E-state index is 0.0874. The van der Waals surface area contributed by atoms with Gasteiger partial charge in [-0.1, -0.05) is 11.6 Å². The highest BCUT2D eigenvalue weighted by atomic mass is 35.5. The number of alkyl halides is 4. The molecule has 2 N–H and O–H groups in total. The summed E-state index contributed by atoms with van der Waals surface area (Å²) in [5.74, 6) is -0.859. The number of benzene rings is 1. The minimum atomic E-state index is -4.92. The molecule has 3 atom stereocenters. The van der Waals surface area contributed by atoms with E-state index in [0.717, 1.165) is 44.4 Å². The first-order chi connectivity index (χ1) is 19.5. The van der Waals surface area contributed by atoms with E-state index in [9.17, 15) is 17.6 Å². The molecule has 4 aliphatic rings. The van der Waals surface area contributed by atoms with Crippen molar-refractivity contribution in [1.29, 1.82) is 0 Å². The molecule has 0 unspecified atom stereocenters. The van der Waals surface area contributed by atoms with E-state index >= 15 is 4.39 Å². The van der Waals surface area contributed by atoms with Crippen molar-refractivity contribution < 1.29 is 31.4 Å². The number of anilines is 2. The molecule has 14 heteroatoms. The summed E-state index contributed by atoms with van der Waals surface area (Å²) in [6.45, 7) is 2.00. The number of hydrogen-bond donors (Lipinski definition) is 1. The third-order valence-electron chi connectivity index (χ3n) is 8.66. The molecular formula is C27H26ClF5N6O2. The summed E-state index contributed by atoms with van der Waals surface area (Å²) in [6.07, 6.45) is -2.28. The number of nitrogens with zero attached hydrogens (tertiary/aromatic N) is 5. The molecule has 0 radical (unpaired) electrons. The maximum atomic E-state index is 16.4. The highest BCUT2D eigenvalue weighted by Gasteiger charge is 2.49. The highest BCUT2D eigenvalue weighted by Crippen LogP contribution is 2.47. The Morgan fingerprint density at radius 3 is 2.80 bits per heavy atom. The first kappa shape index (κ1) is 26.7. The zero-order chi connectivity index (χ0) is 28.7. The van der Waals surface area contributed by atoms with Crippen LogP contribution in [0.2, 0.25) is 5.02 Å². The van der Waals surface area contributed by atoms with Gasteiger partial charge in [0.1, 0.15) is 41.8 Å². The second-order valence-electron chi connectivity index (χ2n) is 11.2. The Balaban J connectivity index is 1.40. The van der Waals surface area contributed by atoms with Gasteiger partial charge in [0.05, 0.1) is 22.2 Å². The van der Waals surface area contributed by atoms with Gasteiger partial charge < -0.3 is 20.1 Å². The third-order valence-corrected chi connectivity index (χ3v) is 8.95. The number of aromatic nitrogens is 3. The van der Waals surface area contributed by atoms with E-state index in [0.29, 0.717) is 25.3 Å². The zero-order valence-corrected chi connectivity index (χ0v) is 22.5. The average Bonchev–Trinajstić information content (AvgIpc) is 3.57. The van der Waals surface area contributed by atoms with Crippen molar-refractivity contribution in [3.63, 3.8) is 0 Å². The Hall–Kier alpha value is -3.19. The van der Waals surface area contributed by atoms with E-state index in [-0.39, 0.29) is 47.7 Å². The molecule has 0 aliphatic carbocycles. The fourth-order valence-corrected chi connectivity index (χ4v) is 7.21. The average molecular weight is 597 g/mol. The van der Waals surface area contributed by atoms with Crippen LogP contribution < -0.4 is 20.1 Å². The van der Waals surface area contributed by atoms with Gasteiger partial charge in [0.15, 0.2) is 5.82 Å². The summed E-state index contributed by atoms with van der Waals surface area (Å²) in [5, 5.41) is -0.534. The molecule has 6 heterocycles. The van der Waals surface area contributed by atoms with Gasteiger partial charge in [-0.25, -0.2) is 13.8 Å². The second kappa shape index (κ2) is 9.41. The summed E-state index contributed by atoms with van der Waals surface area (Å²) in [5.41, 5.74) is 2.39. The number of nitrogen functional groups attached to an aromatic ring is 1. The van der Waals surface area contributed by atoms with Gasteiger partial charge in [0.2, 0.25) is 5.88 Å². The standard InChI is InChI=1S/C27H26ClF5N6O2/c28-17-8-14(34)7-16(19(17)27(31,32)33)21-20(30)22-18-23(39-6-1-3-15(39)11-40-24(18)35-21)37-25(36-22)41-12-26-4-2-5-38(26)10-13(29)9-26/h7-8,13,15H,1-6,9-12,34H2/t13-,15-,26+/m1/s1. The van der Waals surface area contributed by atoms with Crippen LogP contribution in [0.1, 0.15) is 37.7 Å². The molecule has 0 saturated carbocycles. The van der Waals surface area contributed by atoms with Crippen molar-refractivity contribution in [3.8, 4) is 23.1 Å². The Morgan fingerprint density at radius 2 is 2.00 bits per heavy atom. The van der Waals surface area contributed by atoms with E-state index in [1.807, 2.05) is 4.90 Å². The van der Waals surface area contributed by atoms with Crippen LogP contribution in [0, 0.1) is 5.82 Å². The second-order valence-corrected chi connectivity index (χ2v) is 11.6. The van der Waals surface area contributed by atoms with Gasteiger partial charge in [-0.2, -0.15) is 23.1 Å². The van der Waals surface area contributed by atoms with Crippen molar-refractivity contribution in [2.75, 3.05) is 43.5 Å². The summed E-state index contributed by atoms with van der Waals surface area (Å²) in [7, 11) is 0. The number of rotatable bonds is 4. The van der Waals surface area contributed by atoms with E-state index < -0.39 is 45.5 Å². The predicted molar refractivity (Wildman–Crippen MR) is 142 cm³/mol. The van der Waals surface area contributed by atoms with E-state index in [1.165, 1.54) is 0 Å². The lowest BCUT2D eigenvalue weighted by molar-refractivity contribution is -0.137. The van der Waals surface area contributed by atoms with Crippen molar-refractivity contribution in [1.82, 2.24) is 19.9 Å². The Kier molecular flexibility index (Phi) is 6.13. The normalized spacial score (nSPS) is 25.8. The van der Waals surface area contributed by atoms with Crippen LogP contribution >= 0.6 is 11.6 Å². The molecule has 0 amide bonds. The molecule has 0 spiro atoms. The number of hydrogen-bond acceptors (Lipinski definition) is 8. The van der Waals surface area contributed by atoms with Gasteiger partial charge in [0.25, 0.3) is 0 Å². The summed E-state index contributed by atoms with van der Waals surface area (Å²) < 4.78 is 85.0. The van der Waals surface area contributed by atoms with Gasteiger partial charge in [-0.05, 0) is 44.4 Å². The number of pyridine rings is 1. The van der Waals surface area contributed by atoms with Crippen LogP contribution in [0.5, 0.6) is 11.9 Å². The zero-order valence-electron chi connectivity index (χ0n) is 21.8. The maximum Gasteiger partial charge on any atom is 0.418 e.